The minimum atomic E-state index is -0.932. The molecule has 118 valence electrons. The van der Waals surface area contributed by atoms with Crippen LogP contribution in [0.2, 0.25) is 0 Å². The number of aromatic nitrogens is 2. The van der Waals surface area contributed by atoms with Gasteiger partial charge in [-0.05, 0) is 12.8 Å². The monoisotopic (exact) mass is 299 g/mol. The van der Waals surface area contributed by atoms with E-state index in [9.17, 15) is 9.59 Å². The van der Waals surface area contributed by atoms with Gasteiger partial charge in [0.1, 0.15) is 13.2 Å². The molecule has 1 heterocycles. The van der Waals surface area contributed by atoms with Gasteiger partial charge in [-0.3, -0.25) is 9.59 Å². The van der Waals surface area contributed by atoms with E-state index < -0.39 is 5.97 Å². The lowest BCUT2D eigenvalue weighted by Gasteiger charge is -2.23. The zero-order chi connectivity index (χ0) is 15.8. The summed E-state index contributed by atoms with van der Waals surface area (Å²) < 4.78 is 10.1. The normalized spacial score (nSPS) is 10.9. The standard InChI is InChI=1S/C13H21N3O5/c1-9(2)6-16(5-4-13(18)19)12(17)8-20-7-11-14-10(3)15-21-11/h9H,4-8H2,1-3H3,(H,18,19). The van der Waals surface area contributed by atoms with Crippen LogP contribution >= 0.6 is 0 Å². The van der Waals surface area contributed by atoms with Gasteiger partial charge in [-0.15, -0.1) is 0 Å². The minimum Gasteiger partial charge on any atom is -0.481 e. The third-order valence-corrected chi connectivity index (χ3v) is 2.55. The molecular weight excluding hydrogens is 278 g/mol. The van der Waals surface area contributed by atoms with Crippen molar-refractivity contribution in [3.63, 3.8) is 0 Å². The molecule has 0 aromatic carbocycles. The number of aliphatic carboxylic acids is 1. The SMILES string of the molecule is Cc1noc(COCC(=O)N(CCC(=O)O)CC(C)C)n1. The van der Waals surface area contributed by atoms with Crippen molar-refractivity contribution < 1.29 is 24.0 Å². The Labute approximate surface area is 123 Å². The molecule has 0 fully saturated rings. The van der Waals surface area contributed by atoms with Crippen molar-refractivity contribution in [2.75, 3.05) is 19.7 Å². The quantitative estimate of drug-likeness (QED) is 0.720. The van der Waals surface area contributed by atoms with E-state index in [4.69, 9.17) is 14.4 Å². The number of aryl methyl sites for hydroxylation is 1. The summed E-state index contributed by atoms with van der Waals surface area (Å²) >= 11 is 0. The summed E-state index contributed by atoms with van der Waals surface area (Å²) in [4.78, 5) is 28.1. The van der Waals surface area contributed by atoms with Crippen LogP contribution in [0.4, 0.5) is 0 Å². The molecule has 0 aliphatic rings. The molecule has 0 saturated carbocycles. The van der Waals surface area contributed by atoms with Gasteiger partial charge < -0.3 is 19.3 Å². The van der Waals surface area contributed by atoms with Gasteiger partial charge in [-0.1, -0.05) is 19.0 Å². The maximum atomic E-state index is 12.0. The Morgan fingerprint density at radius 3 is 2.67 bits per heavy atom. The molecule has 1 rings (SSSR count). The van der Waals surface area contributed by atoms with Crippen molar-refractivity contribution in [3.05, 3.63) is 11.7 Å². The van der Waals surface area contributed by atoms with Crippen LogP contribution in [0.3, 0.4) is 0 Å². The molecule has 0 radical (unpaired) electrons. The van der Waals surface area contributed by atoms with E-state index in [1.165, 1.54) is 4.90 Å². The van der Waals surface area contributed by atoms with Gasteiger partial charge in [0.2, 0.25) is 5.91 Å². The van der Waals surface area contributed by atoms with Crippen molar-refractivity contribution in [3.8, 4) is 0 Å². The second-order valence-electron chi connectivity index (χ2n) is 5.11. The number of amides is 1. The van der Waals surface area contributed by atoms with Crippen molar-refractivity contribution in [2.45, 2.75) is 33.8 Å². The van der Waals surface area contributed by atoms with E-state index in [0.717, 1.165) is 0 Å². The van der Waals surface area contributed by atoms with Crippen LogP contribution < -0.4 is 0 Å². The van der Waals surface area contributed by atoms with Crippen LogP contribution in [0.5, 0.6) is 0 Å². The molecule has 21 heavy (non-hydrogen) atoms. The smallest absolute Gasteiger partial charge is 0.305 e. The third-order valence-electron chi connectivity index (χ3n) is 2.55. The highest BCUT2D eigenvalue weighted by atomic mass is 16.5. The Morgan fingerprint density at radius 2 is 2.14 bits per heavy atom. The Bertz CT molecular complexity index is 472. The molecule has 0 atom stereocenters. The van der Waals surface area contributed by atoms with Gasteiger partial charge in [0.05, 0.1) is 6.42 Å². The zero-order valence-electron chi connectivity index (χ0n) is 12.5. The Hall–Kier alpha value is -1.96. The van der Waals surface area contributed by atoms with Gasteiger partial charge in [0.15, 0.2) is 5.82 Å². The molecule has 1 aromatic rings. The summed E-state index contributed by atoms with van der Waals surface area (Å²) in [6.07, 6.45) is -0.0820. The first-order valence-electron chi connectivity index (χ1n) is 6.75. The first-order chi connectivity index (χ1) is 9.88. The average molecular weight is 299 g/mol. The molecule has 0 aliphatic carbocycles. The topological polar surface area (TPSA) is 106 Å². The summed E-state index contributed by atoms with van der Waals surface area (Å²) in [6.45, 7) is 6.19. The molecule has 1 amide bonds. The van der Waals surface area contributed by atoms with Crippen LogP contribution in [-0.4, -0.2) is 51.7 Å². The highest BCUT2D eigenvalue weighted by Gasteiger charge is 2.16. The van der Waals surface area contributed by atoms with Gasteiger partial charge in [-0.2, -0.15) is 4.98 Å². The number of nitrogens with zero attached hydrogens (tertiary/aromatic N) is 3. The predicted molar refractivity (Wildman–Crippen MR) is 72.4 cm³/mol. The summed E-state index contributed by atoms with van der Waals surface area (Å²) in [5, 5.41) is 12.3. The van der Waals surface area contributed by atoms with Gasteiger partial charge in [0, 0.05) is 13.1 Å². The second kappa shape index (κ2) is 8.35. The number of hydrogen-bond acceptors (Lipinski definition) is 6. The average Bonchev–Trinajstić information content (AvgIpc) is 2.79. The fraction of sp³-hybridized carbons (Fsp3) is 0.692. The van der Waals surface area contributed by atoms with Crippen molar-refractivity contribution in [1.82, 2.24) is 15.0 Å². The number of carbonyl (C=O) groups excluding carboxylic acids is 1. The van der Waals surface area contributed by atoms with Crippen LogP contribution in [0.1, 0.15) is 32.0 Å². The molecule has 0 unspecified atom stereocenters. The van der Waals surface area contributed by atoms with E-state index in [2.05, 4.69) is 10.1 Å². The number of hydrogen-bond donors (Lipinski definition) is 1. The minimum absolute atomic E-state index is 0.0566. The van der Waals surface area contributed by atoms with Crippen molar-refractivity contribution in [1.29, 1.82) is 0 Å². The lowest BCUT2D eigenvalue weighted by atomic mass is 10.2. The largest absolute Gasteiger partial charge is 0.481 e. The fourth-order valence-corrected chi connectivity index (χ4v) is 1.70. The maximum absolute atomic E-state index is 12.0. The number of carboxylic acid groups (broad SMARTS) is 1. The molecule has 1 aromatic heterocycles. The van der Waals surface area contributed by atoms with Gasteiger partial charge in [-0.25, -0.2) is 0 Å². The highest BCUT2D eigenvalue weighted by Crippen LogP contribution is 2.03. The highest BCUT2D eigenvalue weighted by molar-refractivity contribution is 5.78. The van der Waals surface area contributed by atoms with E-state index in [-0.39, 0.29) is 38.0 Å². The fourth-order valence-electron chi connectivity index (χ4n) is 1.70. The molecular formula is C13H21N3O5. The summed E-state index contributed by atoms with van der Waals surface area (Å²) in [5.74, 6) is -0.120. The molecule has 1 N–H and O–H groups in total. The first kappa shape index (κ1) is 17.1. The van der Waals surface area contributed by atoms with Gasteiger partial charge >= 0.3 is 5.97 Å². The molecule has 0 bridgehead atoms. The molecule has 0 spiro atoms. The van der Waals surface area contributed by atoms with Crippen LogP contribution in [-0.2, 0) is 20.9 Å². The van der Waals surface area contributed by atoms with E-state index in [1.807, 2.05) is 13.8 Å². The Morgan fingerprint density at radius 1 is 1.43 bits per heavy atom. The lowest BCUT2D eigenvalue weighted by Crippen LogP contribution is -2.38. The van der Waals surface area contributed by atoms with E-state index in [1.54, 1.807) is 6.92 Å². The van der Waals surface area contributed by atoms with E-state index >= 15 is 0 Å². The summed E-state index contributed by atoms with van der Waals surface area (Å²) in [5.41, 5.74) is 0. The van der Waals surface area contributed by atoms with Crippen LogP contribution in [0.15, 0.2) is 4.52 Å². The first-order valence-corrected chi connectivity index (χ1v) is 6.75. The predicted octanol–water partition coefficient (Wildman–Crippen LogP) is 0.854. The van der Waals surface area contributed by atoms with E-state index in [0.29, 0.717) is 18.3 Å². The summed E-state index contributed by atoms with van der Waals surface area (Å²) in [6, 6.07) is 0. The van der Waals surface area contributed by atoms with Crippen LogP contribution in [0, 0.1) is 12.8 Å². The second-order valence-corrected chi connectivity index (χ2v) is 5.11. The zero-order valence-corrected chi connectivity index (χ0v) is 12.5. The number of rotatable bonds is 9. The third kappa shape index (κ3) is 6.84. The number of carbonyl (C=O) groups is 2. The number of carboxylic acids is 1. The van der Waals surface area contributed by atoms with Crippen molar-refractivity contribution >= 4 is 11.9 Å². The lowest BCUT2D eigenvalue weighted by molar-refractivity contribution is -0.140. The molecule has 0 saturated heterocycles. The molecule has 8 heteroatoms. The van der Waals surface area contributed by atoms with Gasteiger partial charge in [0.25, 0.3) is 5.89 Å². The van der Waals surface area contributed by atoms with Crippen molar-refractivity contribution in [2.24, 2.45) is 5.92 Å². The van der Waals surface area contributed by atoms with Crippen LogP contribution in [0.25, 0.3) is 0 Å². The molecule has 8 nitrogen and oxygen atoms in total. The number of ether oxygens (including phenoxy) is 1. The molecule has 0 aliphatic heterocycles. The summed E-state index contributed by atoms with van der Waals surface area (Å²) in [7, 11) is 0. The maximum Gasteiger partial charge on any atom is 0.305 e. The Kier molecular flexibility index (Phi) is 6.80. The Balaban J connectivity index is 2.41.